The molecule has 2 rings (SSSR count). The summed E-state index contributed by atoms with van der Waals surface area (Å²) in [5, 5.41) is 10.9. The third kappa shape index (κ3) is 2.79. The van der Waals surface area contributed by atoms with Gasteiger partial charge in [-0.25, -0.2) is 0 Å². The zero-order valence-electron chi connectivity index (χ0n) is 9.05. The molecule has 1 unspecified atom stereocenters. The maximum absolute atomic E-state index is 5.75. The Kier molecular flexibility index (Phi) is 3.91. The second-order valence-electron chi connectivity index (χ2n) is 3.56. The van der Waals surface area contributed by atoms with Crippen LogP contribution in [0.3, 0.4) is 0 Å². The summed E-state index contributed by atoms with van der Waals surface area (Å²) in [5.74, 6) is 0. The SMILES string of the molecule is CC(c1cccs1)N(C)Cc1nnc(Cl)s1. The quantitative estimate of drug-likeness (QED) is 0.854. The molecule has 3 nitrogen and oxygen atoms in total. The topological polar surface area (TPSA) is 29.0 Å². The van der Waals surface area contributed by atoms with Crippen molar-refractivity contribution in [1.29, 1.82) is 0 Å². The lowest BCUT2D eigenvalue weighted by atomic mass is 10.2. The number of halogens is 1. The largest absolute Gasteiger partial charge is 0.292 e. The molecule has 0 amide bonds. The number of nitrogens with zero attached hydrogens (tertiary/aromatic N) is 3. The first-order valence-corrected chi connectivity index (χ1v) is 6.95. The lowest BCUT2D eigenvalue weighted by Gasteiger charge is -2.22. The van der Waals surface area contributed by atoms with Gasteiger partial charge in [-0.1, -0.05) is 17.4 Å². The molecular weight excluding hydrogens is 262 g/mol. The summed E-state index contributed by atoms with van der Waals surface area (Å²) in [6.07, 6.45) is 0. The molecule has 2 aromatic heterocycles. The van der Waals surface area contributed by atoms with Crippen LogP contribution in [-0.2, 0) is 6.54 Å². The van der Waals surface area contributed by atoms with E-state index in [1.165, 1.54) is 16.2 Å². The molecule has 0 fully saturated rings. The number of thiophene rings is 1. The van der Waals surface area contributed by atoms with Crippen LogP contribution in [0.15, 0.2) is 17.5 Å². The molecule has 0 spiro atoms. The van der Waals surface area contributed by atoms with E-state index in [9.17, 15) is 0 Å². The lowest BCUT2D eigenvalue weighted by Crippen LogP contribution is -2.21. The van der Waals surface area contributed by atoms with Crippen molar-refractivity contribution in [3.05, 3.63) is 31.9 Å². The minimum atomic E-state index is 0.391. The van der Waals surface area contributed by atoms with Crippen molar-refractivity contribution in [2.24, 2.45) is 0 Å². The van der Waals surface area contributed by atoms with Gasteiger partial charge in [-0.2, -0.15) is 0 Å². The molecule has 16 heavy (non-hydrogen) atoms. The minimum Gasteiger partial charge on any atom is -0.292 e. The smallest absolute Gasteiger partial charge is 0.207 e. The molecule has 0 saturated heterocycles. The maximum atomic E-state index is 5.75. The molecule has 0 radical (unpaired) electrons. The molecule has 0 N–H and O–H groups in total. The first-order chi connectivity index (χ1) is 7.66. The molecule has 0 aliphatic heterocycles. The van der Waals surface area contributed by atoms with E-state index in [0.717, 1.165) is 11.6 Å². The van der Waals surface area contributed by atoms with E-state index in [-0.39, 0.29) is 0 Å². The predicted octanol–water partition coefficient (Wildman–Crippen LogP) is 3.45. The normalized spacial score (nSPS) is 13.2. The molecule has 2 aromatic rings. The fourth-order valence-corrected chi connectivity index (χ4v) is 3.17. The van der Waals surface area contributed by atoms with Crippen LogP contribution in [0, 0.1) is 0 Å². The van der Waals surface area contributed by atoms with Gasteiger partial charge in [-0.15, -0.1) is 21.5 Å². The van der Waals surface area contributed by atoms with Gasteiger partial charge in [0, 0.05) is 10.9 Å². The van der Waals surface area contributed by atoms with Gasteiger partial charge in [0.05, 0.1) is 6.54 Å². The maximum Gasteiger partial charge on any atom is 0.207 e. The Hall–Kier alpha value is -0.490. The van der Waals surface area contributed by atoms with Gasteiger partial charge in [0.1, 0.15) is 5.01 Å². The van der Waals surface area contributed by atoms with E-state index in [2.05, 4.69) is 46.6 Å². The summed E-state index contributed by atoms with van der Waals surface area (Å²) in [5.41, 5.74) is 0. The Morgan fingerprint density at radius 1 is 1.50 bits per heavy atom. The Balaban J connectivity index is 2.00. The number of hydrogen-bond acceptors (Lipinski definition) is 5. The van der Waals surface area contributed by atoms with Crippen molar-refractivity contribution in [1.82, 2.24) is 15.1 Å². The van der Waals surface area contributed by atoms with Crippen LogP contribution < -0.4 is 0 Å². The standard InChI is InChI=1S/C10H12ClN3S2/c1-7(8-4-3-5-15-8)14(2)6-9-12-13-10(11)16-9/h3-5,7H,6H2,1-2H3. The average molecular weight is 274 g/mol. The Bertz CT molecular complexity index is 441. The van der Waals surface area contributed by atoms with Crippen molar-refractivity contribution in [3.63, 3.8) is 0 Å². The van der Waals surface area contributed by atoms with Gasteiger partial charge in [0.2, 0.25) is 4.47 Å². The Labute approximate surface area is 108 Å². The molecule has 2 heterocycles. The molecule has 0 aromatic carbocycles. The van der Waals surface area contributed by atoms with Crippen LogP contribution in [0.1, 0.15) is 22.9 Å². The van der Waals surface area contributed by atoms with Crippen molar-refractivity contribution in [2.75, 3.05) is 7.05 Å². The van der Waals surface area contributed by atoms with E-state index < -0.39 is 0 Å². The highest BCUT2D eigenvalue weighted by Gasteiger charge is 2.14. The molecule has 0 saturated carbocycles. The fraction of sp³-hybridized carbons (Fsp3) is 0.400. The van der Waals surface area contributed by atoms with Crippen LogP contribution in [-0.4, -0.2) is 22.1 Å². The second kappa shape index (κ2) is 5.23. The van der Waals surface area contributed by atoms with Gasteiger partial charge in [-0.3, -0.25) is 4.90 Å². The zero-order chi connectivity index (χ0) is 11.5. The molecule has 0 aliphatic carbocycles. The van der Waals surface area contributed by atoms with Gasteiger partial charge in [-0.05, 0) is 37.0 Å². The van der Waals surface area contributed by atoms with Crippen LogP contribution in [0.25, 0.3) is 0 Å². The summed E-state index contributed by atoms with van der Waals surface area (Å²) in [7, 11) is 2.08. The third-order valence-corrected chi connectivity index (χ3v) is 4.49. The van der Waals surface area contributed by atoms with Crippen molar-refractivity contribution in [2.45, 2.75) is 19.5 Å². The highest BCUT2D eigenvalue weighted by molar-refractivity contribution is 7.15. The monoisotopic (exact) mass is 273 g/mol. The molecule has 1 atom stereocenters. The molecule has 86 valence electrons. The fourth-order valence-electron chi connectivity index (χ4n) is 1.39. The highest BCUT2D eigenvalue weighted by Crippen LogP contribution is 2.25. The summed E-state index contributed by atoms with van der Waals surface area (Å²) in [6.45, 7) is 2.97. The minimum absolute atomic E-state index is 0.391. The number of rotatable bonds is 4. The Morgan fingerprint density at radius 3 is 2.88 bits per heavy atom. The summed E-state index contributed by atoms with van der Waals surface area (Å²) < 4.78 is 0.507. The van der Waals surface area contributed by atoms with Gasteiger partial charge in [0.15, 0.2) is 0 Å². The molecular formula is C10H12ClN3S2. The van der Waals surface area contributed by atoms with Crippen molar-refractivity contribution < 1.29 is 0 Å². The zero-order valence-corrected chi connectivity index (χ0v) is 11.4. The Morgan fingerprint density at radius 2 is 2.31 bits per heavy atom. The first kappa shape index (κ1) is 12.0. The van der Waals surface area contributed by atoms with E-state index in [0.29, 0.717) is 10.5 Å². The summed E-state index contributed by atoms with van der Waals surface area (Å²) in [4.78, 5) is 3.60. The van der Waals surface area contributed by atoms with Crippen LogP contribution in [0.2, 0.25) is 4.47 Å². The van der Waals surface area contributed by atoms with Crippen molar-refractivity contribution in [3.8, 4) is 0 Å². The predicted molar refractivity (Wildman–Crippen MR) is 69.1 cm³/mol. The van der Waals surface area contributed by atoms with Crippen LogP contribution in [0.5, 0.6) is 0 Å². The van der Waals surface area contributed by atoms with E-state index in [1.807, 2.05) is 0 Å². The lowest BCUT2D eigenvalue weighted by molar-refractivity contribution is 0.255. The summed E-state index contributed by atoms with van der Waals surface area (Å²) >= 11 is 8.96. The van der Waals surface area contributed by atoms with Crippen LogP contribution in [0.4, 0.5) is 0 Å². The second-order valence-corrected chi connectivity index (χ2v) is 6.18. The van der Waals surface area contributed by atoms with Gasteiger partial charge >= 0.3 is 0 Å². The third-order valence-electron chi connectivity index (χ3n) is 2.44. The van der Waals surface area contributed by atoms with E-state index in [4.69, 9.17) is 11.6 Å². The van der Waals surface area contributed by atoms with Gasteiger partial charge < -0.3 is 0 Å². The average Bonchev–Trinajstić information content (AvgIpc) is 2.88. The molecule has 0 aliphatic rings. The first-order valence-electron chi connectivity index (χ1n) is 4.88. The van der Waals surface area contributed by atoms with Gasteiger partial charge in [0.25, 0.3) is 0 Å². The number of hydrogen-bond donors (Lipinski definition) is 0. The van der Waals surface area contributed by atoms with E-state index in [1.54, 1.807) is 11.3 Å². The molecule has 0 bridgehead atoms. The summed E-state index contributed by atoms with van der Waals surface area (Å²) in [6, 6.07) is 4.62. The van der Waals surface area contributed by atoms with Crippen LogP contribution >= 0.6 is 34.3 Å². The molecule has 6 heteroatoms. The highest BCUT2D eigenvalue weighted by atomic mass is 35.5. The van der Waals surface area contributed by atoms with Crippen molar-refractivity contribution >= 4 is 34.3 Å². The van der Waals surface area contributed by atoms with E-state index >= 15 is 0 Å². The number of aromatic nitrogens is 2.